The van der Waals surface area contributed by atoms with Gasteiger partial charge in [0.1, 0.15) is 5.82 Å². The molecule has 0 bridgehead atoms. The standard InChI is InChI=1S/C15H17BrFN3/c1-10(12-7-6-11(17)9-13(12)16)19-14-5-4-8-18-15(14)20(2)3/h4-10,19H,1-3H3. The molecule has 0 fully saturated rings. The molecule has 0 saturated heterocycles. The van der Waals surface area contributed by atoms with Crippen molar-refractivity contribution >= 4 is 27.4 Å². The summed E-state index contributed by atoms with van der Waals surface area (Å²) in [5.41, 5.74) is 1.95. The van der Waals surface area contributed by atoms with Crippen LogP contribution in [0, 0.1) is 5.82 Å². The minimum Gasteiger partial charge on any atom is -0.375 e. The molecule has 3 nitrogen and oxygen atoms in total. The molecule has 1 heterocycles. The number of pyridine rings is 1. The molecule has 2 rings (SSSR count). The third-order valence-corrected chi connectivity index (χ3v) is 3.70. The Morgan fingerprint density at radius 2 is 2.05 bits per heavy atom. The number of anilines is 2. The van der Waals surface area contributed by atoms with Gasteiger partial charge in [0.05, 0.1) is 5.69 Å². The number of nitrogens with zero attached hydrogens (tertiary/aromatic N) is 2. The molecule has 1 aromatic heterocycles. The molecule has 0 amide bonds. The fourth-order valence-electron chi connectivity index (χ4n) is 2.03. The van der Waals surface area contributed by atoms with Crippen LogP contribution in [-0.4, -0.2) is 19.1 Å². The van der Waals surface area contributed by atoms with E-state index in [9.17, 15) is 4.39 Å². The minimum atomic E-state index is -0.247. The molecule has 0 aliphatic rings. The summed E-state index contributed by atoms with van der Waals surface area (Å²) < 4.78 is 13.9. The lowest BCUT2D eigenvalue weighted by Crippen LogP contribution is -2.15. The van der Waals surface area contributed by atoms with Crippen LogP contribution in [0.2, 0.25) is 0 Å². The fraction of sp³-hybridized carbons (Fsp3) is 0.267. The number of benzene rings is 1. The van der Waals surface area contributed by atoms with Gasteiger partial charge in [0.25, 0.3) is 0 Å². The van der Waals surface area contributed by atoms with Crippen molar-refractivity contribution in [3.63, 3.8) is 0 Å². The largest absolute Gasteiger partial charge is 0.375 e. The molecule has 1 N–H and O–H groups in total. The lowest BCUT2D eigenvalue weighted by Gasteiger charge is -2.21. The Labute approximate surface area is 127 Å². The highest BCUT2D eigenvalue weighted by atomic mass is 79.9. The van der Waals surface area contributed by atoms with Crippen molar-refractivity contribution in [2.75, 3.05) is 24.3 Å². The van der Waals surface area contributed by atoms with Crippen molar-refractivity contribution in [1.29, 1.82) is 0 Å². The summed E-state index contributed by atoms with van der Waals surface area (Å²) >= 11 is 3.40. The lowest BCUT2D eigenvalue weighted by molar-refractivity contribution is 0.625. The molecule has 5 heteroatoms. The summed E-state index contributed by atoms with van der Waals surface area (Å²) in [6.07, 6.45) is 1.76. The van der Waals surface area contributed by atoms with Gasteiger partial charge in [-0.3, -0.25) is 0 Å². The van der Waals surface area contributed by atoms with E-state index < -0.39 is 0 Å². The first-order chi connectivity index (χ1) is 9.49. The van der Waals surface area contributed by atoms with E-state index in [1.54, 1.807) is 12.3 Å². The zero-order valence-electron chi connectivity index (χ0n) is 11.7. The van der Waals surface area contributed by atoms with E-state index in [2.05, 4.69) is 26.2 Å². The molecule has 20 heavy (non-hydrogen) atoms. The first kappa shape index (κ1) is 14.8. The Hall–Kier alpha value is -1.62. The number of hydrogen-bond acceptors (Lipinski definition) is 3. The van der Waals surface area contributed by atoms with Gasteiger partial charge in [0.2, 0.25) is 0 Å². The summed E-state index contributed by atoms with van der Waals surface area (Å²) in [6.45, 7) is 2.03. The highest BCUT2D eigenvalue weighted by Gasteiger charge is 2.13. The Balaban J connectivity index is 2.26. The van der Waals surface area contributed by atoms with Crippen LogP contribution < -0.4 is 10.2 Å². The molecule has 1 aromatic carbocycles. The average molecular weight is 338 g/mol. The monoisotopic (exact) mass is 337 g/mol. The van der Waals surface area contributed by atoms with Crippen LogP contribution in [0.3, 0.4) is 0 Å². The topological polar surface area (TPSA) is 28.2 Å². The molecule has 0 aliphatic carbocycles. The van der Waals surface area contributed by atoms with E-state index in [0.717, 1.165) is 21.5 Å². The number of aromatic nitrogens is 1. The van der Waals surface area contributed by atoms with Gasteiger partial charge in [-0.05, 0) is 36.8 Å². The van der Waals surface area contributed by atoms with Gasteiger partial charge in [-0.15, -0.1) is 0 Å². The predicted octanol–water partition coefficient (Wildman–Crippen LogP) is 4.22. The second-order valence-electron chi connectivity index (χ2n) is 4.80. The molecule has 0 spiro atoms. The van der Waals surface area contributed by atoms with E-state index in [4.69, 9.17) is 0 Å². The number of hydrogen-bond donors (Lipinski definition) is 1. The number of halogens is 2. The third-order valence-electron chi connectivity index (χ3n) is 3.01. The van der Waals surface area contributed by atoms with Crippen LogP contribution in [0.5, 0.6) is 0 Å². The van der Waals surface area contributed by atoms with Crippen LogP contribution in [-0.2, 0) is 0 Å². The van der Waals surface area contributed by atoms with Crippen LogP contribution in [0.15, 0.2) is 41.0 Å². The molecule has 0 aliphatic heterocycles. The van der Waals surface area contributed by atoms with Gasteiger partial charge >= 0.3 is 0 Å². The normalized spacial score (nSPS) is 12.1. The van der Waals surface area contributed by atoms with Crippen molar-refractivity contribution in [3.05, 3.63) is 52.4 Å². The Kier molecular flexibility index (Phi) is 4.60. The number of rotatable bonds is 4. The zero-order chi connectivity index (χ0) is 14.7. The van der Waals surface area contributed by atoms with Crippen molar-refractivity contribution in [1.82, 2.24) is 4.98 Å². The average Bonchev–Trinajstić information content (AvgIpc) is 2.38. The highest BCUT2D eigenvalue weighted by molar-refractivity contribution is 9.10. The molecule has 2 aromatic rings. The first-order valence-electron chi connectivity index (χ1n) is 6.33. The maximum Gasteiger partial charge on any atom is 0.151 e. The van der Waals surface area contributed by atoms with Gasteiger partial charge in [-0.2, -0.15) is 0 Å². The van der Waals surface area contributed by atoms with Gasteiger partial charge in [0, 0.05) is 30.8 Å². The maximum absolute atomic E-state index is 13.1. The molecule has 106 valence electrons. The second-order valence-corrected chi connectivity index (χ2v) is 5.66. The smallest absolute Gasteiger partial charge is 0.151 e. The summed E-state index contributed by atoms with van der Waals surface area (Å²) in [6, 6.07) is 8.63. The van der Waals surface area contributed by atoms with Crippen LogP contribution in [0.25, 0.3) is 0 Å². The molecule has 1 atom stereocenters. The quantitative estimate of drug-likeness (QED) is 0.905. The molecular weight excluding hydrogens is 321 g/mol. The van der Waals surface area contributed by atoms with Gasteiger partial charge in [0.15, 0.2) is 5.82 Å². The van der Waals surface area contributed by atoms with Crippen molar-refractivity contribution in [3.8, 4) is 0 Å². The Morgan fingerprint density at radius 1 is 1.30 bits per heavy atom. The number of nitrogens with one attached hydrogen (secondary N) is 1. The van der Waals surface area contributed by atoms with Gasteiger partial charge < -0.3 is 10.2 Å². The first-order valence-corrected chi connectivity index (χ1v) is 7.12. The summed E-state index contributed by atoms with van der Waals surface area (Å²) in [5, 5.41) is 3.41. The van der Waals surface area contributed by atoms with Gasteiger partial charge in [-0.1, -0.05) is 22.0 Å². The Morgan fingerprint density at radius 3 is 2.70 bits per heavy atom. The summed E-state index contributed by atoms with van der Waals surface area (Å²) in [7, 11) is 3.90. The van der Waals surface area contributed by atoms with Crippen LogP contribution in [0.4, 0.5) is 15.9 Å². The van der Waals surface area contributed by atoms with Gasteiger partial charge in [-0.25, -0.2) is 9.37 Å². The van der Waals surface area contributed by atoms with Crippen LogP contribution >= 0.6 is 15.9 Å². The van der Waals surface area contributed by atoms with E-state index in [0.29, 0.717) is 0 Å². The van der Waals surface area contributed by atoms with Crippen LogP contribution in [0.1, 0.15) is 18.5 Å². The zero-order valence-corrected chi connectivity index (χ0v) is 13.3. The maximum atomic E-state index is 13.1. The van der Waals surface area contributed by atoms with E-state index in [1.165, 1.54) is 12.1 Å². The Bertz CT molecular complexity index is 601. The van der Waals surface area contributed by atoms with Crippen molar-refractivity contribution < 1.29 is 4.39 Å². The predicted molar refractivity (Wildman–Crippen MR) is 84.7 cm³/mol. The van der Waals surface area contributed by atoms with E-state index in [1.807, 2.05) is 38.1 Å². The molecule has 0 saturated carbocycles. The fourth-order valence-corrected chi connectivity index (χ4v) is 2.72. The third kappa shape index (κ3) is 3.28. The lowest BCUT2D eigenvalue weighted by atomic mass is 10.1. The van der Waals surface area contributed by atoms with E-state index >= 15 is 0 Å². The van der Waals surface area contributed by atoms with Crippen molar-refractivity contribution in [2.24, 2.45) is 0 Å². The second kappa shape index (κ2) is 6.22. The summed E-state index contributed by atoms with van der Waals surface area (Å²) in [5.74, 6) is 0.626. The molecule has 1 unspecified atom stereocenters. The SMILES string of the molecule is CC(Nc1cccnc1N(C)C)c1ccc(F)cc1Br. The minimum absolute atomic E-state index is 0.0351. The molecular formula is C15H17BrFN3. The summed E-state index contributed by atoms with van der Waals surface area (Å²) in [4.78, 5) is 6.31. The van der Waals surface area contributed by atoms with Crippen molar-refractivity contribution in [2.45, 2.75) is 13.0 Å². The molecule has 0 radical (unpaired) electrons. The highest BCUT2D eigenvalue weighted by Crippen LogP contribution is 2.29. The van der Waals surface area contributed by atoms with E-state index in [-0.39, 0.29) is 11.9 Å².